The molecule has 2 aromatic carbocycles. The minimum absolute atomic E-state index is 0.0115. The molecule has 0 fully saturated rings. The van der Waals surface area contributed by atoms with E-state index in [0.29, 0.717) is 24.2 Å². The summed E-state index contributed by atoms with van der Waals surface area (Å²) in [6.07, 6.45) is 0.714. The van der Waals surface area contributed by atoms with Crippen LogP contribution in [0, 0.1) is 0 Å². The molecule has 0 radical (unpaired) electrons. The minimum atomic E-state index is -3.52. The van der Waals surface area contributed by atoms with Crippen LogP contribution in [0.4, 0.5) is 5.69 Å². The molecule has 6 nitrogen and oxygen atoms in total. The van der Waals surface area contributed by atoms with Gasteiger partial charge in [0.2, 0.25) is 10.0 Å². The van der Waals surface area contributed by atoms with Crippen molar-refractivity contribution in [1.82, 2.24) is 10.0 Å². The fourth-order valence-electron chi connectivity index (χ4n) is 2.50. The lowest BCUT2D eigenvalue weighted by atomic mass is 9.87. The highest BCUT2D eigenvalue weighted by Crippen LogP contribution is 2.22. The number of carbonyl (C=O) groups excluding carboxylic acids is 1. The van der Waals surface area contributed by atoms with Crippen molar-refractivity contribution in [2.75, 3.05) is 11.9 Å². The first-order chi connectivity index (χ1) is 13.5. The average Bonchev–Trinajstić information content (AvgIpc) is 2.66. The van der Waals surface area contributed by atoms with Gasteiger partial charge in [0.15, 0.2) is 5.11 Å². The second-order valence-electron chi connectivity index (χ2n) is 7.66. The standard InChI is InChI=1S/C21H27N3O3S2/c1-5-14-22-29(26,27)18-12-10-17(11-13-18)23-20(28)24-19(25)15-6-8-16(9-7-15)21(2,3)4/h6-13,22H,5,14H2,1-4H3,(H2,23,24,25,28). The van der Waals surface area contributed by atoms with Crippen molar-refractivity contribution in [3.05, 3.63) is 59.7 Å². The Bertz CT molecular complexity index is 962. The molecule has 156 valence electrons. The molecule has 8 heteroatoms. The molecule has 0 saturated heterocycles. The molecule has 0 aromatic heterocycles. The summed E-state index contributed by atoms with van der Waals surface area (Å²) in [5.74, 6) is -0.314. The van der Waals surface area contributed by atoms with E-state index < -0.39 is 10.0 Å². The average molecular weight is 434 g/mol. The van der Waals surface area contributed by atoms with E-state index in [2.05, 4.69) is 36.1 Å². The Morgan fingerprint density at radius 1 is 1.00 bits per heavy atom. The summed E-state index contributed by atoms with van der Waals surface area (Å²) in [7, 11) is -3.52. The molecule has 2 aromatic rings. The van der Waals surface area contributed by atoms with Gasteiger partial charge in [0.25, 0.3) is 5.91 Å². The zero-order valence-corrected chi connectivity index (χ0v) is 18.7. The third-order valence-electron chi connectivity index (χ3n) is 4.20. The molecular formula is C21H27N3O3S2. The first-order valence-corrected chi connectivity index (χ1v) is 11.2. The number of sulfonamides is 1. The van der Waals surface area contributed by atoms with Gasteiger partial charge in [-0.15, -0.1) is 0 Å². The second kappa shape index (κ2) is 9.47. The van der Waals surface area contributed by atoms with Crippen LogP contribution in [0.3, 0.4) is 0 Å². The largest absolute Gasteiger partial charge is 0.332 e. The van der Waals surface area contributed by atoms with Gasteiger partial charge in [-0.2, -0.15) is 0 Å². The molecule has 0 aliphatic rings. The molecule has 0 bridgehead atoms. The van der Waals surface area contributed by atoms with E-state index in [1.54, 1.807) is 24.3 Å². The van der Waals surface area contributed by atoms with E-state index in [1.807, 2.05) is 19.1 Å². The van der Waals surface area contributed by atoms with Crippen LogP contribution in [0.15, 0.2) is 53.4 Å². The highest BCUT2D eigenvalue weighted by molar-refractivity contribution is 7.89. The molecule has 1 amide bonds. The van der Waals surface area contributed by atoms with Crippen molar-refractivity contribution >= 4 is 38.9 Å². The predicted octanol–water partition coefficient (Wildman–Crippen LogP) is 3.80. The molecular weight excluding hydrogens is 406 g/mol. The number of nitrogens with one attached hydrogen (secondary N) is 3. The fourth-order valence-corrected chi connectivity index (χ4v) is 3.84. The third-order valence-corrected chi connectivity index (χ3v) is 5.89. The van der Waals surface area contributed by atoms with Crippen LogP contribution in [0.5, 0.6) is 0 Å². The molecule has 3 N–H and O–H groups in total. The molecule has 0 spiro atoms. The van der Waals surface area contributed by atoms with Gasteiger partial charge in [-0.05, 0) is 66.0 Å². The van der Waals surface area contributed by atoms with Gasteiger partial charge < -0.3 is 5.32 Å². The third kappa shape index (κ3) is 6.62. The van der Waals surface area contributed by atoms with E-state index in [4.69, 9.17) is 12.2 Å². The minimum Gasteiger partial charge on any atom is -0.332 e. The highest BCUT2D eigenvalue weighted by atomic mass is 32.2. The van der Waals surface area contributed by atoms with Gasteiger partial charge in [-0.1, -0.05) is 39.8 Å². The number of benzene rings is 2. The SMILES string of the molecule is CCCNS(=O)(=O)c1ccc(NC(=S)NC(=O)c2ccc(C(C)(C)C)cc2)cc1. The van der Waals surface area contributed by atoms with Gasteiger partial charge in [0, 0.05) is 17.8 Å². The Morgan fingerprint density at radius 3 is 2.10 bits per heavy atom. The van der Waals surface area contributed by atoms with E-state index in [1.165, 1.54) is 12.1 Å². The van der Waals surface area contributed by atoms with Crippen molar-refractivity contribution in [1.29, 1.82) is 0 Å². The second-order valence-corrected chi connectivity index (χ2v) is 9.83. The first kappa shape index (κ1) is 23.0. The Labute approximate surface area is 178 Å². The molecule has 0 aliphatic carbocycles. The maximum absolute atomic E-state index is 12.4. The van der Waals surface area contributed by atoms with Gasteiger partial charge in [0.1, 0.15) is 0 Å². The quantitative estimate of drug-likeness (QED) is 0.603. The van der Waals surface area contributed by atoms with Gasteiger partial charge in [-0.25, -0.2) is 13.1 Å². The van der Waals surface area contributed by atoms with Crippen LogP contribution in [0.2, 0.25) is 0 Å². The lowest BCUT2D eigenvalue weighted by Gasteiger charge is -2.19. The van der Waals surface area contributed by atoms with E-state index in [-0.39, 0.29) is 21.3 Å². The number of hydrogen-bond donors (Lipinski definition) is 3. The molecule has 0 aliphatic heterocycles. The van der Waals surface area contributed by atoms with Gasteiger partial charge in [0.05, 0.1) is 4.90 Å². The monoisotopic (exact) mass is 433 g/mol. The van der Waals surface area contributed by atoms with Crippen LogP contribution in [-0.4, -0.2) is 26.0 Å². The molecule has 29 heavy (non-hydrogen) atoms. The molecule has 0 heterocycles. The van der Waals surface area contributed by atoms with Crippen molar-refractivity contribution in [2.45, 2.75) is 44.4 Å². The summed E-state index contributed by atoms with van der Waals surface area (Å²) in [6.45, 7) is 8.60. The van der Waals surface area contributed by atoms with Crippen LogP contribution < -0.4 is 15.4 Å². The molecule has 0 atom stereocenters. The molecule has 2 rings (SSSR count). The Balaban J connectivity index is 1.97. The summed E-state index contributed by atoms with van der Waals surface area (Å²) in [5, 5.41) is 5.64. The predicted molar refractivity (Wildman–Crippen MR) is 121 cm³/mol. The number of hydrogen-bond acceptors (Lipinski definition) is 4. The zero-order chi connectivity index (χ0) is 21.7. The fraction of sp³-hybridized carbons (Fsp3) is 0.333. The Kier molecular flexibility index (Phi) is 7.51. The van der Waals surface area contributed by atoms with Crippen molar-refractivity contribution in [2.24, 2.45) is 0 Å². The van der Waals surface area contributed by atoms with Crippen molar-refractivity contribution in [3.8, 4) is 0 Å². The summed E-state index contributed by atoms with van der Waals surface area (Å²) >= 11 is 5.19. The number of anilines is 1. The zero-order valence-electron chi connectivity index (χ0n) is 17.1. The lowest BCUT2D eigenvalue weighted by molar-refractivity contribution is 0.0977. The Hall–Kier alpha value is -2.29. The van der Waals surface area contributed by atoms with Crippen LogP contribution in [0.25, 0.3) is 0 Å². The van der Waals surface area contributed by atoms with Crippen molar-refractivity contribution in [3.63, 3.8) is 0 Å². The normalized spacial score (nSPS) is 11.7. The van der Waals surface area contributed by atoms with Gasteiger partial charge in [-0.3, -0.25) is 10.1 Å². The number of thiocarbonyl (C=S) groups is 1. The highest BCUT2D eigenvalue weighted by Gasteiger charge is 2.15. The Morgan fingerprint density at radius 2 is 1.59 bits per heavy atom. The topological polar surface area (TPSA) is 87.3 Å². The van der Waals surface area contributed by atoms with Crippen LogP contribution in [-0.2, 0) is 15.4 Å². The summed E-state index contributed by atoms with van der Waals surface area (Å²) in [5.41, 5.74) is 2.23. The number of carbonyl (C=O) groups is 1. The van der Waals surface area contributed by atoms with E-state index in [0.717, 1.165) is 5.56 Å². The van der Waals surface area contributed by atoms with Crippen molar-refractivity contribution < 1.29 is 13.2 Å². The number of amides is 1. The van der Waals surface area contributed by atoms with E-state index >= 15 is 0 Å². The van der Waals surface area contributed by atoms with Crippen LogP contribution >= 0.6 is 12.2 Å². The summed E-state index contributed by atoms with van der Waals surface area (Å²) in [4.78, 5) is 12.5. The smallest absolute Gasteiger partial charge is 0.257 e. The van der Waals surface area contributed by atoms with Crippen LogP contribution in [0.1, 0.15) is 50.0 Å². The lowest BCUT2D eigenvalue weighted by Crippen LogP contribution is -2.34. The number of rotatable bonds is 6. The molecule has 0 saturated carbocycles. The molecule has 0 unspecified atom stereocenters. The maximum Gasteiger partial charge on any atom is 0.257 e. The van der Waals surface area contributed by atoms with Gasteiger partial charge >= 0.3 is 0 Å². The summed E-state index contributed by atoms with van der Waals surface area (Å²) < 4.78 is 26.7. The first-order valence-electron chi connectivity index (χ1n) is 9.35. The summed E-state index contributed by atoms with van der Waals surface area (Å²) in [6, 6.07) is 13.5. The van der Waals surface area contributed by atoms with E-state index in [9.17, 15) is 13.2 Å². The maximum atomic E-state index is 12.4.